The maximum atomic E-state index is 11.7. The predicted octanol–water partition coefficient (Wildman–Crippen LogP) is -1.50. The number of hydrogen-bond acceptors (Lipinski definition) is 4. The van der Waals surface area contributed by atoms with Crippen LogP contribution in [0, 0.1) is 0 Å². The van der Waals surface area contributed by atoms with Crippen molar-refractivity contribution in [2.45, 2.75) is 19.3 Å². The van der Waals surface area contributed by atoms with Crippen molar-refractivity contribution < 1.29 is 24.3 Å². The van der Waals surface area contributed by atoms with Crippen LogP contribution in [0.4, 0.5) is 4.79 Å². The van der Waals surface area contributed by atoms with Crippen molar-refractivity contribution in [2.24, 2.45) is 0 Å². The van der Waals surface area contributed by atoms with Gasteiger partial charge in [-0.15, -0.1) is 0 Å². The number of likely N-dealkylation sites (tertiary alicyclic amines) is 1. The van der Waals surface area contributed by atoms with Crippen LogP contribution in [-0.4, -0.2) is 66.5 Å². The molecular weight excluding hydrogens is 280 g/mol. The highest BCUT2D eigenvalue weighted by Gasteiger charge is 2.17. The van der Waals surface area contributed by atoms with Crippen molar-refractivity contribution in [3.8, 4) is 0 Å². The minimum atomic E-state index is -1.16. The Bertz CT molecular complexity index is 406. The zero-order valence-electron chi connectivity index (χ0n) is 11.7. The maximum absolute atomic E-state index is 11.7. The van der Waals surface area contributed by atoms with Crippen LogP contribution in [0.5, 0.6) is 0 Å². The summed E-state index contributed by atoms with van der Waals surface area (Å²) >= 11 is 0. The number of urea groups is 1. The third kappa shape index (κ3) is 7.14. The van der Waals surface area contributed by atoms with E-state index >= 15 is 0 Å². The van der Waals surface area contributed by atoms with Crippen molar-refractivity contribution in [1.29, 1.82) is 0 Å². The summed E-state index contributed by atoms with van der Waals surface area (Å²) in [6, 6.07) is -0.574. The SMILES string of the molecule is O=C(O)CNC(=O)CNC(=O)NCCC(=O)N1CCCC1. The number of aliphatic carboxylic acids is 1. The van der Waals surface area contributed by atoms with Crippen LogP contribution in [0.15, 0.2) is 0 Å². The summed E-state index contributed by atoms with van der Waals surface area (Å²) in [7, 11) is 0. The molecule has 0 radical (unpaired) electrons. The fraction of sp³-hybridized carbons (Fsp3) is 0.667. The molecule has 9 heteroatoms. The predicted molar refractivity (Wildman–Crippen MR) is 72.5 cm³/mol. The lowest BCUT2D eigenvalue weighted by molar-refractivity contribution is -0.137. The van der Waals surface area contributed by atoms with Gasteiger partial charge in [-0.1, -0.05) is 0 Å². The van der Waals surface area contributed by atoms with Gasteiger partial charge in [0, 0.05) is 26.1 Å². The molecule has 4 amide bonds. The molecule has 0 unspecified atom stereocenters. The number of carboxylic acids is 1. The van der Waals surface area contributed by atoms with Crippen molar-refractivity contribution in [2.75, 3.05) is 32.7 Å². The van der Waals surface area contributed by atoms with E-state index in [2.05, 4.69) is 16.0 Å². The Kier molecular flexibility index (Phi) is 6.99. The molecule has 21 heavy (non-hydrogen) atoms. The molecule has 1 saturated heterocycles. The Labute approximate surface area is 122 Å². The molecule has 118 valence electrons. The van der Waals surface area contributed by atoms with Gasteiger partial charge in [-0.25, -0.2) is 4.79 Å². The largest absolute Gasteiger partial charge is 0.480 e. The second-order valence-corrected chi connectivity index (χ2v) is 4.62. The third-order valence-electron chi connectivity index (χ3n) is 2.93. The minimum Gasteiger partial charge on any atom is -0.480 e. The number of rotatable bonds is 7. The van der Waals surface area contributed by atoms with Crippen molar-refractivity contribution in [3.05, 3.63) is 0 Å². The number of carbonyl (C=O) groups excluding carboxylic acids is 3. The van der Waals surface area contributed by atoms with E-state index in [-0.39, 0.29) is 25.4 Å². The quantitative estimate of drug-likeness (QED) is 0.455. The first kappa shape index (κ1) is 16.7. The van der Waals surface area contributed by atoms with E-state index in [0.717, 1.165) is 25.9 Å². The first-order valence-corrected chi connectivity index (χ1v) is 6.77. The Morgan fingerprint density at radius 3 is 2.24 bits per heavy atom. The van der Waals surface area contributed by atoms with Gasteiger partial charge >= 0.3 is 12.0 Å². The van der Waals surface area contributed by atoms with Gasteiger partial charge < -0.3 is 26.0 Å². The Morgan fingerprint density at radius 1 is 0.952 bits per heavy atom. The fourth-order valence-electron chi connectivity index (χ4n) is 1.87. The average Bonchev–Trinajstić information content (AvgIpc) is 2.97. The Hall–Kier alpha value is -2.32. The first-order chi connectivity index (χ1) is 9.99. The second kappa shape index (κ2) is 8.77. The summed E-state index contributed by atoms with van der Waals surface area (Å²) in [5.74, 6) is -1.75. The molecule has 0 saturated carbocycles. The van der Waals surface area contributed by atoms with Crippen LogP contribution in [0.2, 0.25) is 0 Å². The molecule has 1 heterocycles. The summed E-state index contributed by atoms with van der Waals surface area (Å²) < 4.78 is 0. The van der Waals surface area contributed by atoms with E-state index in [1.54, 1.807) is 4.90 Å². The van der Waals surface area contributed by atoms with Gasteiger partial charge in [-0.05, 0) is 12.8 Å². The Morgan fingerprint density at radius 2 is 1.62 bits per heavy atom. The van der Waals surface area contributed by atoms with Gasteiger partial charge in [0.25, 0.3) is 0 Å². The highest BCUT2D eigenvalue weighted by molar-refractivity contribution is 5.86. The zero-order valence-corrected chi connectivity index (χ0v) is 11.7. The minimum absolute atomic E-state index is 0.00648. The highest BCUT2D eigenvalue weighted by Crippen LogP contribution is 2.08. The maximum Gasteiger partial charge on any atom is 0.322 e. The Balaban J connectivity index is 2.06. The van der Waals surface area contributed by atoms with E-state index in [4.69, 9.17) is 5.11 Å². The van der Waals surface area contributed by atoms with Crippen LogP contribution in [-0.2, 0) is 14.4 Å². The summed E-state index contributed by atoms with van der Waals surface area (Å²) in [6.45, 7) is 0.924. The van der Waals surface area contributed by atoms with Gasteiger partial charge in [0.1, 0.15) is 6.54 Å². The van der Waals surface area contributed by atoms with E-state index in [0.29, 0.717) is 0 Å². The molecular formula is C12H20N4O5. The molecule has 0 atom stereocenters. The number of carbonyl (C=O) groups is 4. The van der Waals surface area contributed by atoms with Crippen molar-refractivity contribution in [1.82, 2.24) is 20.9 Å². The molecule has 0 aliphatic carbocycles. The topological polar surface area (TPSA) is 128 Å². The standard InChI is InChI=1S/C12H20N4O5/c17-9(14-8-11(19)20)7-15-12(21)13-4-3-10(18)16-5-1-2-6-16/h1-8H2,(H,14,17)(H,19,20)(H2,13,15,21). The average molecular weight is 300 g/mol. The van der Waals surface area contributed by atoms with Crippen LogP contribution in [0.1, 0.15) is 19.3 Å². The van der Waals surface area contributed by atoms with Crippen molar-refractivity contribution in [3.63, 3.8) is 0 Å². The lowest BCUT2D eigenvalue weighted by atomic mass is 10.3. The molecule has 9 nitrogen and oxygen atoms in total. The van der Waals surface area contributed by atoms with Crippen LogP contribution < -0.4 is 16.0 Å². The van der Waals surface area contributed by atoms with Gasteiger partial charge in [0.15, 0.2) is 0 Å². The van der Waals surface area contributed by atoms with Gasteiger partial charge in [0.2, 0.25) is 11.8 Å². The molecule has 0 aromatic carbocycles. The lowest BCUT2D eigenvalue weighted by Crippen LogP contribution is -2.43. The van der Waals surface area contributed by atoms with Gasteiger partial charge in [-0.3, -0.25) is 14.4 Å². The molecule has 0 spiro atoms. The van der Waals surface area contributed by atoms with Crippen molar-refractivity contribution >= 4 is 23.8 Å². The molecule has 0 bridgehead atoms. The van der Waals surface area contributed by atoms with E-state index < -0.39 is 24.5 Å². The summed E-state index contributed by atoms with van der Waals surface area (Å²) in [5, 5.41) is 15.2. The smallest absolute Gasteiger partial charge is 0.322 e. The number of hydrogen-bond donors (Lipinski definition) is 4. The van der Waals surface area contributed by atoms with Crippen LogP contribution in [0.3, 0.4) is 0 Å². The molecule has 4 N–H and O–H groups in total. The first-order valence-electron chi connectivity index (χ1n) is 6.77. The molecule has 1 rings (SSSR count). The van der Waals surface area contributed by atoms with E-state index in [1.165, 1.54) is 0 Å². The lowest BCUT2D eigenvalue weighted by Gasteiger charge is -2.15. The third-order valence-corrected chi connectivity index (χ3v) is 2.93. The van der Waals surface area contributed by atoms with Crippen LogP contribution in [0.25, 0.3) is 0 Å². The normalized spacial score (nSPS) is 13.6. The summed E-state index contributed by atoms with van der Waals surface area (Å²) in [4.78, 5) is 46.1. The summed E-state index contributed by atoms with van der Waals surface area (Å²) in [6.07, 6.45) is 2.26. The fourth-order valence-corrected chi connectivity index (χ4v) is 1.87. The molecule has 0 aromatic heterocycles. The number of nitrogens with zero attached hydrogens (tertiary/aromatic N) is 1. The van der Waals surface area contributed by atoms with Crippen LogP contribution >= 0.6 is 0 Å². The molecule has 1 fully saturated rings. The monoisotopic (exact) mass is 300 g/mol. The highest BCUT2D eigenvalue weighted by atomic mass is 16.4. The number of carboxylic acid groups (broad SMARTS) is 1. The van der Waals surface area contributed by atoms with Gasteiger partial charge in [0.05, 0.1) is 6.54 Å². The van der Waals surface area contributed by atoms with E-state index in [9.17, 15) is 19.2 Å². The second-order valence-electron chi connectivity index (χ2n) is 4.62. The number of nitrogens with one attached hydrogen (secondary N) is 3. The zero-order chi connectivity index (χ0) is 15.7. The van der Waals surface area contributed by atoms with Gasteiger partial charge in [-0.2, -0.15) is 0 Å². The molecule has 1 aliphatic rings. The van der Waals surface area contributed by atoms with E-state index in [1.807, 2.05) is 0 Å². The number of amides is 4. The molecule has 1 aliphatic heterocycles. The summed E-state index contributed by atoms with van der Waals surface area (Å²) in [5.41, 5.74) is 0. The molecule has 0 aromatic rings.